The van der Waals surface area contributed by atoms with Crippen molar-refractivity contribution in [3.63, 3.8) is 0 Å². The van der Waals surface area contributed by atoms with E-state index >= 15 is 0 Å². The van der Waals surface area contributed by atoms with Crippen LogP contribution in [0.2, 0.25) is 0 Å². The van der Waals surface area contributed by atoms with Gasteiger partial charge < -0.3 is 4.90 Å². The van der Waals surface area contributed by atoms with Crippen LogP contribution in [0.25, 0.3) is 11.0 Å². The van der Waals surface area contributed by atoms with Crippen LogP contribution in [0, 0.1) is 12.8 Å². The topological polar surface area (TPSA) is 102 Å². The Morgan fingerprint density at radius 3 is 2.48 bits per heavy atom. The van der Waals surface area contributed by atoms with E-state index in [9.17, 15) is 16.8 Å². The molecule has 1 aromatic carbocycles. The number of nitrogens with zero attached hydrogens (tertiary/aromatic N) is 4. The molecule has 10 heteroatoms. The molecule has 0 saturated heterocycles. The van der Waals surface area contributed by atoms with Gasteiger partial charge in [-0.2, -0.15) is 0 Å². The highest BCUT2D eigenvalue weighted by molar-refractivity contribution is 7.90. The fourth-order valence-electron chi connectivity index (χ4n) is 3.76. The minimum Gasteiger partial charge on any atom is -0.356 e. The van der Waals surface area contributed by atoms with Crippen LogP contribution in [-0.2, 0) is 20.7 Å². The quantitative estimate of drug-likeness (QED) is 0.590. The highest BCUT2D eigenvalue weighted by atomic mass is 32.2. The molecular formula is C19H22N4O4S2. The Kier molecular flexibility index (Phi) is 5.07. The van der Waals surface area contributed by atoms with Crippen LogP contribution >= 0.6 is 0 Å². The predicted molar refractivity (Wildman–Crippen MR) is 111 cm³/mol. The van der Waals surface area contributed by atoms with E-state index in [1.54, 1.807) is 30.3 Å². The minimum atomic E-state index is -3.77. The molecule has 1 aliphatic carbocycles. The first kappa shape index (κ1) is 19.8. The van der Waals surface area contributed by atoms with Gasteiger partial charge in [-0.05, 0) is 43.9 Å². The summed E-state index contributed by atoms with van der Waals surface area (Å²) in [5, 5.41) is 0.643. The summed E-state index contributed by atoms with van der Waals surface area (Å²) in [5.74, 6) is 1.03. The van der Waals surface area contributed by atoms with E-state index in [2.05, 4.69) is 9.97 Å². The summed E-state index contributed by atoms with van der Waals surface area (Å²) >= 11 is 0. The number of fused-ring (bicyclic) bond motifs is 1. The zero-order chi connectivity index (χ0) is 20.8. The fourth-order valence-corrected chi connectivity index (χ4v) is 5.78. The van der Waals surface area contributed by atoms with Crippen LogP contribution in [0.5, 0.6) is 0 Å². The Bertz CT molecular complexity index is 1220. The minimum absolute atomic E-state index is 0.171. The third kappa shape index (κ3) is 3.62. The predicted octanol–water partition coefficient (Wildman–Crippen LogP) is 1.80. The second-order valence-corrected chi connectivity index (χ2v) is 10.3. The largest absolute Gasteiger partial charge is 0.356 e. The number of hydrogen-bond donors (Lipinski definition) is 1. The molecule has 0 amide bonds. The Balaban J connectivity index is 1.66. The highest BCUT2D eigenvalue weighted by Crippen LogP contribution is 2.35. The number of aromatic nitrogens is 3. The second kappa shape index (κ2) is 7.42. The summed E-state index contributed by atoms with van der Waals surface area (Å²) in [6.07, 6.45) is 4.40. The lowest BCUT2D eigenvalue weighted by Gasteiger charge is -2.41. The second-order valence-electron chi connectivity index (χ2n) is 7.48. The molecule has 1 aliphatic rings. The van der Waals surface area contributed by atoms with E-state index in [1.165, 1.54) is 16.5 Å². The third-order valence-corrected chi connectivity index (χ3v) is 8.00. The van der Waals surface area contributed by atoms with Crippen LogP contribution in [-0.4, -0.2) is 49.6 Å². The lowest BCUT2D eigenvalue weighted by molar-refractivity contribution is 0.283. The molecule has 3 aromatic rings. The van der Waals surface area contributed by atoms with E-state index in [0.29, 0.717) is 16.9 Å². The maximum atomic E-state index is 13.1. The van der Waals surface area contributed by atoms with Crippen molar-refractivity contribution in [1.82, 2.24) is 13.9 Å². The number of rotatable bonds is 6. The Morgan fingerprint density at radius 2 is 1.83 bits per heavy atom. The highest BCUT2D eigenvalue weighted by Gasteiger charge is 2.34. The van der Waals surface area contributed by atoms with Crippen LogP contribution in [0.15, 0.2) is 47.8 Å². The number of benzene rings is 1. The van der Waals surface area contributed by atoms with Crippen molar-refractivity contribution in [3.05, 3.63) is 48.4 Å². The van der Waals surface area contributed by atoms with E-state index < -0.39 is 20.7 Å². The number of anilines is 1. The number of hydrogen-bond acceptors (Lipinski definition) is 7. The smallest absolute Gasteiger partial charge is 0.269 e. The maximum Gasteiger partial charge on any atom is 0.269 e. The molecule has 1 saturated carbocycles. The van der Waals surface area contributed by atoms with Crippen molar-refractivity contribution in [1.29, 1.82) is 0 Å². The van der Waals surface area contributed by atoms with Gasteiger partial charge in [0.2, 0.25) is 0 Å². The fraction of sp³-hybridized carbons (Fsp3) is 0.368. The molecule has 2 heterocycles. The van der Waals surface area contributed by atoms with Crippen molar-refractivity contribution in [2.24, 2.45) is 5.92 Å². The molecule has 0 aliphatic heterocycles. The lowest BCUT2D eigenvalue weighted by Crippen LogP contribution is -2.44. The molecular weight excluding hydrogens is 412 g/mol. The van der Waals surface area contributed by atoms with Crippen molar-refractivity contribution in [2.45, 2.75) is 30.7 Å². The van der Waals surface area contributed by atoms with Gasteiger partial charge in [-0.3, -0.25) is 0 Å². The summed E-state index contributed by atoms with van der Waals surface area (Å²) in [6.45, 7) is 1.90. The first-order chi connectivity index (χ1) is 13.8. The molecule has 154 valence electrons. The molecule has 2 aromatic heterocycles. The van der Waals surface area contributed by atoms with E-state index in [-0.39, 0.29) is 22.6 Å². The maximum absolute atomic E-state index is 13.1. The lowest BCUT2D eigenvalue weighted by atomic mass is 9.81. The SMILES string of the molecule is Cc1ccc(S(=O)(=O)n2ccc3c(N(C)C4CC(C[SH](=O)=O)C4)ncnc32)cc1. The molecule has 29 heavy (non-hydrogen) atoms. The molecule has 0 atom stereocenters. The van der Waals surface area contributed by atoms with Gasteiger partial charge in [0.25, 0.3) is 10.0 Å². The van der Waals surface area contributed by atoms with Gasteiger partial charge in [-0.15, -0.1) is 0 Å². The van der Waals surface area contributed by atoms with Gasteiger partial charge in [-0.1, -0.05) is 17.7 Å². The van der Waals surface area contributed by atoms with Gasteiger partial charge in [0.15, 0.2) is 5.65 Å². The van der Waals surface area contributed by atoms with Crippen molar-refractivity contribution in [3.8, 4) is 0 Å². The van der Waals surface area contributed by atoms with Crippen LogP contribution in [0.4, 0.5) is 5.82 Å². The molecule has 1 fully saturated rings. The van der Waals surface area contributed by atoms with Gasteiger partial charge in [0.05, 0.1) is 16.0 Å². The van der Waals surface area contributed by atoms with Gasteiger partial charge >= 0.3 is 0 Å². The molecule has 0 N–H and O–H groups in total. The summed E-state index contributed by atoms with van der Waals surface area (Å²) < 4.78 is 49.1. The zero-order valence-corrected chi connectivity index (χ0v) is 17.8. The molecule has 0 radical (unpaired) electrons. The summed E-state index contributed by atoms with van der Waals surface area (Å²) in [7, 11) is -4.24. The Labute approximate surface area is 171 Å². The van der Waals surface area contributed by atoms with Crippen molar-refractivity contribution >= 4 is 37.6 Å². The average molecular weight is 435 g/mol. The Hall–Kier alpha value is -2.46. The summed E-state index contributed by atoms with van der Waals surface area (Å²) in [4.78, 5) is 10.8. The molecule has 0 spiro atoms. The van der Waals surface area contributed by atoms with E-state index in [4.69, 9.17) is 0 Å². The average Bonchev–Trinajstić information content (AvgIpc) is 3.09. The van der Waals surface area contributed by atoms with Crippen molar-refractivity contribution in [2.75, 3.05) is 17.7 Å². The van der Waals surface area contributed by atoms with Crippen LogP contribution in [0.1, 0.15) is 18.4 Å². The molecule has 0 unspecified atom stereocenters. The number of aryl methyl sites for hydroxylation is 1. The van der Waals surface area contributed by atoms with Crippen molar-refractivity contribution < 1.29 is 16.8 Å². The Morgan fingerprint density at radius 1 is 1.14 bits per heavy atom. The first-order valence-corrected chi connectivity index (χ1v) is 12.1. The van der Waals surface area contributed by atoms with Gasteiger partial charge in [0.1, 0.15) is 22.8 Å². The molecule has 4 rings (SSSR count). The molecule has 8 nitrogen and oxygen atoms in total. The monoisotopic (exact) mass is 434 g/mol. The van der Waals surface area contributed by atoms with E-state index in [1.807, 2.05) is 18.9 Å². The van der Waals surface area contributed by atoms with Gasteiger partial charge in [-0.25, -0.2) is 30.8 Å². The normalized spacial score (nSPS) is 19.4. The standard InChI is InChI=1S/C19H22N4O4S2/c1-13-3-5-16(6-4-13)29(26,27)23-8-7-17-18(20-12-21-19(17)23)22(2)15-9-14(10-15)11-28(24)25/h3-8,12,14-15,28H,9-11H2,1-2H3. The van der Waals surface area contributed by atoms with E-state index in [0.717, 1.165) is 18.4 Å². The van der Waals surface area contributed by atoms with Gasteiger partial charge in [0, 0.05) is 19.3 Å². The summed E-state index contributed by atoms with van der Waals surface area (Å²) in [6, 6.07) is 8.56. The first-order valence-electron chi connectivity index (χ1n) is 9.26. The van der Waals surface area contributed by atoms with Crippen LogP contribution in [0.3, 0.4) is 0 Å². The van der Waals surface area contributed by atoms with Crippen LogP contribution < -0.4 is 4.90 Å². The third-order valence-electron chi connectivity index (χ3n) is 5.50. The number of thiol groups is 1. The molecule has 0 bridgehead atoms. The zero-order valence-electron chi connectivity index (χ0n) is 16.1. The summed E-state index contributed by atoms with van der Waals surface area (Å²) in [5.41, 5.74) is 1.30.